The van der Waals surface area contributed by atoms with Crippen molar-refractivity contribution in [3.8, 4) is 0 Å². The van der Waals surface area contributed by atoms with E-state index in [1.165, 1.54) is 0 Å². The molecule has 2 rings (SSSR count). The maximum atomic E-state index is 11.9. The molecule has 3 nitrogen and oxygen atoms in total. The number of rotatable bonds is 4. The van der Waals surface area contributed by atoms with E-state index in [4.69, 9.17) is 11.6 Å². The smallest absolute Gasteiger partial charge is 0.243 e. The molecule has 0 atom stereocenters. The Kier molecular flexibility index (Phi) is 5.26. The molecule has 0 aliphatic rings. The molecule has 2 aromatic carbocycles. The zero-order chi connectivity index (χ0) is 15.4. The van der Waals surface area contributed by atoms with Crippen LogP contribution in [0.1, 0.15) is 11.1 Å². The van der Waals surface area contributed by atoms with Gasteiger partial charge in [-0.3, -0.25) is 4.79 Å². The van der Waals surface area contributed by atoms with Crippen molar-refractivity contribution in [2.24, 2.45) is 0 Å². The fourth-order valence-electron chi connectivity index (χ4n) is 1.89. The molecular formula is C16H16BrClN2O. The number of aryl methyl sites for hydroxylation is 2. The van der Waals surface area contributed by atoms with Crippen LogP contribution in [0.25, 0.3) is 0 Å². The van der Waals surface area contributed by atoms with Gasteiger partial charge in [-0.25, -0.2) is 0 Å². The van der Waals surface area contributed by atoms with E-state index in [0.29, 0.717) is 5.02 Å². The Morgan fingerprint density at radius 1 is 1.24 bits per heavy atom. The van der Waals surface area contributed by atoms with E-state index in [2.05, 4.69) is 26.6 Å². The summed E-state index contributed by atoms with van der Waals surface area (Å²) in [5, 5.41) is 6.59. The van der Waals surface area contributed by atoms with Crippen molar-refractivity contribution in [1.82, 2.24) is 0 Å². The first kappa shape index (κ1) is 15.9. The fourth-order valence-corrected chi connectivity index (χ4v) is 2.65. The second-order valence-corrected chi connectivity index (χ2v) is 6.11. The van der Waals surface area contributed by atoms with Crippen molar-refractivity contribution in [2.45, 2.75) is 13.8 Å². The first-order valence-electron chi connectivity index (χ1n) is 6.52. The van der Waals surface area contributed by atoms with Crippen LogP contribution in [-0.2, 0) is 4.79 Å². The van der Waals surface area contributed by atoms with Gasteiger partial charge in [-0.15, -0.1) is 0 Å². The number of anilines is 2. The van der Waals surface area contributed by atoms with Crippen LogP contribution in [-0.4, -0.2) is 12.5 Å². The molecule has 0 saturated heterocycles. The topological polar surface area (TPSA) is 41.1 Å². The average molecular weight is 368 g/mol. The third-order valence-corrected chi connectivity index (χ3v) is 4.05. The van der Waals surface area contributed by atoms with Crippen LogP contribution in [0.15, 0.2) is 40.9 Å². The monoisotopic (exact) mass is 366 g/mol. The predicted molar refractivity (Wildman–Crippen MR) is 92.2 cm³/mol. The lowest BCUT2D eigenvalue weighted by Crippen LogP contribution is -2.21. The van der Waals surface area contributed by atoms with Crippen molar-refractivity contribution in [3.05, 3.63) is 57.0 Å². The minimum absolute atomic E-state index is 0.107. The Hall–Kier alpha value is -1.52. The summed E-state index contributed by atoms with van der Waals surface area (Å²) >= 11 is 9.54. The number of benzene rings is 2. The van der Waals surface area contributed by atoms with Crippen molar-refractivity contribution in [2.75, 3.05) is 17.2 Å². The van der Waals surface area contributed by atoms with Gasteiger partial charge in [0.25, 0.3) is 0 Å². The lowest BCUT2D eigenvalue weighted by molar-refractivity contribution is -0.114. The SMILES string of the molecule is Cc1cccc(NC(=O)CNc2cc(Cl)c(C)cc2Br)c1. The number of nitrogens with one attached hydrogen (secondary N) is 2. The highest BCUT2D eigenvalue weighted by molar-refractivity contribution is 9.10. The van der Waals surface area contributed by atoms with Gasteiger partial charge in [0, 0.05) is 15.2 Å². The molecule has 0 fully saturated rings. The van der Waals surface area contributed by atoms with E-state index in [9.17, 15) is 4.79 Å². The number of hydrogen-bond acceptors (Lipinski definition) is 2. The number of carbonyl (C=O) groups is 1. The molecule has 0 heterocycles. The summed E-state index contributed by atoms with van der Waals surface area (Å²) in [7, 11) is 0. The second kappa shape index (κ2) is 6.96. The van der Waals surface area contributed by atoms with Crippen molar-refractivity contribution in [3.63, 3.8) is 0 Å². The normalized spacial score (nSPS) is 10.3. The van der Waals surface area contributed by atoms with E-state index < -0.39 is 0 Å². The second-order valence-electron chi connectivity index (χ2n) is 4.85. The Balaban J connectivity index is 1.97. The first-order chi connectivity index (χ1) is 9.95. The molecule has 0 spiro atoms. The Labute approximate surface area is 137 Å². The molecule has 2 aromatic rings. The van der Waals surface area contributed by atoms with Gasteiger partial charge in [0.15, 0.2) is 0 Å². The van der Waals surface area contributed by atoms with Gasteiger partial charge in [0.1, 0.15) is 0 Å². The quantitative estimate of drug-likeness (QED) is 0.817. The molecule has 0 saturated carbocycles. The van der Waals surface area contributed by atoms with Crippen LogP contribution in [0.5, 0.6) is 0 Å². The van der Waals surface area contributed by atoms with Gasteiger partial charge in [0.05, 0.1) is 12.2 Å². The molecule has 0 aliphatic heterocycles. The molecule has 0 bridgehead atoms. The van der Waals surface area contributed by atoms with Crippen LogP contribution in [0.2, 0.25) is 5.02 Å². The molecule has 1 amide bonds. The molecular weight excluding hydrogens is 352 g/mol. The summed E-state index contributed by atoms with van der Waals surface area (Å²) in [6.07, 6.45) is 0. The van der Waals surface area contributed by atoms with Crippen LogP contribution in [0, 0.1) is 13.8 Å². The molecule has 21 heavy (non-hydrogen) atoms. The Bertz CT molecular complexity index is 673. The van der Waals surface area contributed by atoms with Crippen LogP contribution in [0.3, 0.4) is 0 Å². The van der Waals surface area contributed by atoms with Crippen molar-refractivity contribution < 1.29 is 4.79 Å². The zero-order valence-corrected chi connectivity index (χ0v) is 14.2. The van der Waals surface area contributed by atoms with Crippen molar-refractivity contribution in [1.29, 1.82) is 0 Å². The van der Waals surface area contributed by atoms with Crippen LogP contribution in [0.4, 0.5) is 11.4 Å². The minimum atomic E-state index is -0.107. The van der Waals surface area contributed by atoms with E-state index in [-0.39, 0.29) is 12.5 Å². The summed E-state index contributed by atoms with van der Waals surface area (Å²) in [5.41, 5.74) is 3.68. The Morgan fingerprint density at radius 3 is 2.71 bits per heavy atom. The molecule has 110 valence electrons. The first-order valence-corrected chi connectivity index (χ1v) is 7.69. The number of amides is 1. The summed E-state index contributed by atoms with van der Waals surface area (Å²) < 4.78 is 0.882. The van der Waals surface area contributed by atoms with Crippen molar-refractivity contribution >= 4 is 44.8 Å². The third kappa shape index (κ3) is 4.48. The molecule has 5 heteroatoms. The van der Waals surface area contributed by atoms with Gasteiger partial charge in [-0.2, -0.15) is 0 Å². The van der Waals surface area contributed by atoms with E-state index in [0.717, 1.165) is 27.0 Å². The minimum Gasteiger partial charge on any atom is -0.375 e. The zero-order valence-electron chi connectivity index (χ0n) is 11.8. The van der Waals surface area contributed by atoms with Crippen LogP contribution < -0.4 is 10.6 Å². The molecule has 0 radical (unpaired) electrons. The fraction of sp³-hybridized carbons (Fsp3) is 0.188. The largest absolute Gasteiger partial charge is 0.375 e. The summed E-state index contributed by atoms with van der Waals surface area (Å²) in [4.78, 5) is 11.9. The highest BCUT2D eigenvalue weighted by Gasteiger charge is 2.07. The van der Waals surface area contributed by atoms with Gasteiger partial charge >= 0.3 is 0 Å². The summed E-state index contributed by atoms with van der Waals surface area (Å²) in [6.45, 7) is 4.09. The van der Waals surface area contributed by atoms with Gasteiger partial charge in [-0.05, 0) is 65.2 Å². The number of carbonyl (C=O) groups excluding carboxylic acids is 1. The van der Waals surface area contributed by atoms with E-state index in [1.807, 2.05) is 44.2 Å². The maximum Gasteiger partial charge on any atom is 0.243 e. The summed E-state index contributed by atoms with van der Waals surface area (Å²) in [5.74, 6) is -0.107. The van der Waals surface area contributed by atoms with Gasteiger partial charge in [0.2, 0.25) is 5.91 Å². The molecule has 2 N–H and O–H groups in total. The summed E-state index contributed by atoms with van der Waals surface area (Å²) in [6, 6.07) is 11.4. The van der Waals surface area contributed by atoms with Gasteiger partial charge in [-0.1, -0.05) is 23.7 Å². The number of halogens is 2. The van der Waals surface area contributed by atoms with Crippen LogP contribution >= 0.6 is 27.5 Å². The standard InChI is InChI=1S/C16H16BrClN2O/c1-10-4-3-5-12(6-10)20-16(21)9-19-15-8-14(18)11(2)7-13(15)17/h3-8,19H,9H2,1-2H3,(H,20,21). The Morgan fingerprint density at radius 2 is 2.00 bits per heavy atom. The van der Waals surface area contributed by atoms with E-state index in [1.54, 1.807) is 6.07 Å². The average Bonchev–Trinajstić information content (AvgIpc) is 2.41. The predicted octanol–water partition coefficient (Wildman–Crippen LogP) is 4.77. The molecule has 0 unspecified atom stereocenters. The molecule has 0 aliphatic carbocycles. The maximum absolute atomic E-state index is 11.9. The lowest BCUT2D eigenvalue weighted by Gasteiger charge is -2.11. The third-order valence-electron chi connectivity index (χ3n) is 2.99. The lowest BCUT2D eigenvalue weighted by atomic mass is 10.2. The highest BCUT2D eigenvalue weighted by atomic mass is 79.9. The molecule has 0 aromatic heterocycles. The highest BCUT2D eigenvalue weighted by Crippen LogP contribution is 2.28. The van der Waals surface area contributed by atoms with Gasteiger partial charge < -0.3 is 10.6 Å². The van der Waals surface area contributed by atoms with E-state index >= 15 is 0 Å². The number of hydrogen-bond donors (Lipinski definition) is 2.